The van der Waals surface area contributed by atoms with Gasteiger partial charge >= 0.3 is 0 Å². The van der Waals surface area contributed by atoms with Crippen molar-refractivity contribution in [1.29, 1.82) is 0 Å². The topological polar surface area (TPSA) is 69.6 Å². The van der Waals surface area contributed by atoms with E-state index in [-0.39, 0.29) is 0 Å². The van der Waals surface area contributed by atoms with Crippen LogP contribution in [-0.2, 0) is 0 Å². The first kappa shape index (κ1) is 6.78. The van der Waals surface area contributed by atoms with E-state index in [1.807, 2.05) is 0 Å². The van der Waals surface area contributed by atoms with Crippen molar-refractivity contribution in [2.24, 2.45) is 0 Å². The molecule has 0 amide bonds. The minimum atomic E-state index is 0.399. The molecule has 0 radical (unpaired) electrons. The van der Waals surface area contributed by atoms with Crippen LogP contribution in [0.3, 0.4) is 0 Å². The number of anilines is 1. The molecule has 0 aliphatic heterocycles. The number of hydrogen-bond donors (Lipinski definition) is 1. The second-order valence-electron chi connectivity index (χ2n) is 2.24. The van der Waals surface area contributed by atoms with E-state index in [2.05, 4.69) is 15.0 Å². The Balaban J connectivity index is 2.55. The van der Waals surface area contributed by atoms with Crippen LogP contribution in [0.2, 0.25) is 0 Å². The Labute approximate surface area is 68.9 Å². The summed E-state index contributed by atoms with van der Waals surface area (Å²) in [6, 6.07) is 0. The maximum Gasteiger partial charge on any atom is 0.180 e. The molecule has 0 unspecified atom stereocenters. The Morgan fingerprint density at radius 2 is 2.00 bits per heavy atom. The molecule has 2 rings (SSSR count). The van der Waals surface area contributed by atoms with Gasteiger partial charge in [-0.05, 0) is 0 Å². The highest BCUT2D eigenvalue weighted by Gasteiger charge is 2.00. The van der Waals surface area contributed by atoms with E-state index in [9.17, 15) is 0 Å². The SMILES string of the molecule is Nc1nccnc1-n1ccnc1. The van der Waals surface area contributed by atoms with Crippen LogP contribution in [0.4, 0.5) is 5.82 Å². The van der Waals surface area contributed by atoms with Gasteiger partial charge < -0.3 is 5.73 Å². The molecule has 0 saturated heterocycles. The summed E-state index contributed by atoms with van der Waals surface area (Å²) in [4.78, 5) is 11.8. The first-order valence-electron chi connectivity index (χ1n) is 3.43. The Morgan fingerprint density at radius 1 is 1.17 bits per heavy atom. The molecule has 0 bridgehead atoms. The fraction of sp³-hybridized carbons (Fsp3) is 0. The summed E-state index contributed by atoms with van der Waals surface area (Å²) >= 11 is 0. The maximum absolute atomic E-state index is 5.59. The zero-order valence-electron chi connectivity index (χ0n) is 6.25. The molecule has 2 N–H and O–H groups in total. The third-order valence-electron chi connectivity index (χ3n) is 1.46. The first-order valence-corrected chi connectivity index (χ1v) is 3.43. The van der Waals surface area contributed by atoms with Crippen LogP contribution in [0, 0.1) is 0 Å². The Bertz CT molecular complexity index is 367. The second-order valence-corrected chi connectivity index (χ2v) is 2.24. The number of nitrogens with two attached hydrogens (primary N) is 1. The summed E-state index contributed by atoms with van der Waals surface area (Å²) in [7, 11) is 0. The number of hydrogen-bond acceptors (Lipinski definition) is 4. The van der Waals surface area contributed by atoms with Crippen LogP contribution in [0.15, 0.2) is 31.1 Å². The summed E-state index contributed by atoms with van der Waals surface area (Å²) < 4.78 is 1.71. The van der Waals surface area contributed by atoms with Gasteiger partial charge in [-0.1, -0.05) is 0 Å². The standard InChI is InChI=1S/C7H7N5/c8-6-7(11-2-1-10-6)12-4-3-9-5-12/h1-5H,(H2,8,10). The van der Waals surface area contributed by atoms with Crippen molar-refractivity contribution in [1.82, 2.24) is 19.5 Å². The molecular formula is C7H7N5. The van der Waals surface area contributed by atoms with Crippen LogP contribution < -0.4 is 5.73 Å². The summed E-state index contributed by atoms with van der Waals surface area (Å²) in [5.41, 5.74) is 5.59. The van der Waals surface area contributed by atoms with Crippen molar-refractivity contribution in [2.45, 2.75) is 0 Å². The molecule has 0 aliphatic carbocycles. The molecule has 2 aromatic rings. The highest BCUT2D eigenvalue weighted by molar-refractivity contribution is 5.45. The van der Waals surface area contributed by atoms with Crippen molar-refractivity contribution in [3.8, 4) is 5.82 Å². The molecule has 5 nitrogen and oxygen atoms in total. The van der Waals surface area contributed by atoms with Gasteiger partial charge in [-0.2, -0.15) is 0 Å². The van der Waals surface area contributed by atoms with Crippen molar-refractivity contribution in [3.63, 3.8) is 0 Å². The predicted octanol–water partition coefficient (Wildman–Crippen LogP) is 0.244. The van der Waals surface area contributed by atoms with E-state index in [1.165, 1.54) is 0 Å². The van der Waals surface area contributed by atoms with Crippen LogP contribution in [0.1, 0.15) is 0 Å². The zero-order valence-corrected chi connectivity index (χ0v) is 6.25. The van der Waals surface area contributed by atoms with Gasteiger partial charge in [0.15, 0.2) is 11.6 Å². The molecule has 0 aliphatic rings. The molecule has 0 aromatic carbocycles. The van der Waals surface area contributed by atoms with Crippen molar-refractivity contribution >= 4 is 5.82 Å². The van der Waals surface area contributed by atoms with Gasteiger partial charge in [0.25, 0.3) is 0 Å². The molecule has 0 spiro atoms. The van der Waals surface area contributed by atoms with Crippen molar-refractivity contribution in [2.75, 3.05) is 5.73 Å². The van der Waals surface area contributed by atoms with Crippen LogP contribution in [0.5, 0.6) is 0 Å². The zero-order chi connectivity index (χ0) is 8.39. The number of rotatable bonds is 1. The van der Waals surface area contributed by atoms with Gasteiger partial charge in [-0.15, -0.1) is 0 Å². The minimum absolute atomic E-state index is 0.399. The van der Waals surface area contributed by atoms with Crippen molar-refractivity contribution in [3.05, 3.63) is 31.1 Å². The van der Waals surface area contributed by atoms with E-state index < -0.39 is 0 Å². The molecule has 60 valence electrons. The average molecular weight is 161 g/mol. The fourth-order valence-corrected chi connectivity index (χ4v) is 0.925. The summed E-state index contributed by atoms with van der Waals surface area (Å²) in [6.07, 6.45) is 8.19. The third-order valence-corrected chi connectivity index (χ3v) is 1.46. The largest absolute Gasteiger partial charge is 0.381 e. The van der Waals surface area contributed by atoms with Gasteiger partial charge in [0.05, 0.1) is 0 Å². The number of nitrogen functional groups attached to an aromatic ring is 1. The lowest BCUT2D eigenvalue weighted by Crippen LogP contribution is -2.01. The average Bonchev–Trinajstić information content (AvgIpc) is 2.57. The van der Waals surface area contributed by atoms with Crippen molar-refractivity contribution < 1.29 is 0 Å². The minimum Gasteiger partial charge on any atom is -0.381 e. The quantitative estimate of drug-likeness (QED) is 0.650. The molecule has 0 fully saturated rings. The van der Waals surface area contributed by atoms with E-state index in [4.69, 9.17) is 5.73 Å². The van der Waals surface area contributed by atoms with Crippen LogP contribution >= 0.6 is 0 Å². The third kappa shape index (κ3) is 1.01. The highest BCUT2D eigenvalue weighted by atomic mass is 15.1. The predicted molar refractivity (Wildman–Crippen MR) is 43.6 cm³/mol. The number of aromatic nitrogens is 4. The second kappa shape index (κ2) is 2.61. The smallest absolute Gasteiger partial charge is 0.180 e. The Kier molecular flexibility index (Phi) is 1.48. The number of nitrogens with zero attached hydrogens (tertiary/aromatic N) is 4. The van der Waals surface area contributed by atoms with E-state index in [0.717, 1.165) is 0 Å². The highest BCUT2D eigenvalue weighted by Crippen LogP contribution is 2.08. The molecule has 5 heteroatoms. The van der Waals surface area contributed by atoms with E-state index in [0.29, 0.717) is 11.6 Å². The van der Waals surface area contributed by atoms with Gasteiger partial charge in [0, 0.05) is 24.8 Å². The summed E-state index contributed by atoms with van der Waals surface area (Å²) in [6.45, 7) is 0. The normalized spacial score (nSPS) is 10.0. The summed E-state index contributed by atoms with van der Waals surface area (Å²) in [5, 5.41) is 0. The number of imidazole rings is 1. The molecular weight excluding hydrogens is 154 g/mol. The Hall–Kier alpha value is -1.91. The molecule has 0 atom stereocenters. The van der Waals surface area contributed by atoms with Gasteiger partial charge in [-0.3, -0.25) is 4.57 Å². The Morgan fingerprint density at radius 3 is 2.67 bits per heavy atom. The van der Waals surface area contributed by atoms with Crippen LogP contribution in [-0.4, -0.2) is 19.5 Å². The van der Waals surface area contributed by atoms with Gasteiger partial charge in [0.1, 0.15) is 6.33 Å². The summed E-state index contributed by atoms with van der Waals surface area (Å²) in [5.74, 6) is 1.01. The first-order chi connectivity index (χ1) is 5.88. The lowest BCUT2D eigenvalue weighted by atomic mass is 10.6. The lowest BCUT2D eigenvalue weighted by molar-refractivity contribution is 0.977. The molecule has 2 heterocycles. The molecule has 0 saturated carbocycles. The monoisotopic (exact) mass is 161 g/mol. The fourth-order valence-electron chi connectivity index (χ4n) is 0.925. The van der Waals surface area contributed by atoms with E-state index in [1.54, 1.807) is 35.7 Å². The molecule has 2 aromatic heterocycles. The molecule has 12 heavy (non-hydrogen) atoms. The lowest BCUT2D eigenvalue weighted by Gasteiger charge is -2.01. The van der Waals surface area contributed by atoms with Gasteiger partial charge in [-0.25, -0.2) is 15.0 Å². The van der Waals surface area contributed by atoms with Crippen LogP contribution in [0.25, 0.3) is 5.82 Å². The maximum atomic E-state index is 5.59. The van der Waals surface area contributed by atoms with Gasteiger partial charge in [0.2, 0.25) is 0 Å². The van der Waals surface area contributed by atoms with E-state index >= 15 is 0 Å².